The number of aryl methyl sites for hydroxylation is 1. The maximum absolute atomic E-state index is 5.82. The number of hydrogen-bond donors (Lipinski definition) is 1. The number of halogens is 1. The van der Waals surface area contributed by atoms with Gasteiger partial charge in [0.05, 0.1) is 0 Å². The van der Waals surface area contributed by atoms with E-state index in [1.54, 1.807) is 11.8 Å². The van der Waals surface area contributed by atoms with Gasteiger partial charge >= 0.3 is 0 Å². The van der Waals surface area contributed by atoms with Gasteiger partial charge in [0.15, 0.2) is 4.34 Å². The molecule has 0 saturated heterocycles. The molecule has 0 atom stereocenters. The molecule has 0 unspecified atom stereocenters. The maximum Gasteiger partial charge on any atom is 0.170 e. The summed E-state index contributed by atoms with van der Waals surface area (Å²) in [5, 5.41) is 4.10. The predicted octanol–water partition coefficient (Wildman–Crippen LogP) is 3.96. The summed E-state index contributed by atoms with van der Waals surface area (Å²) >= 11 is 9.04. The van der Waals surface area contributed by atoms with Crippen molar-refractivity contribution in [3.63, 3.8) is 0 Å². The average Bonchev–Trinajstić information content (AvgIpc) is 2.85. The molecule has 96 valence electrons. The minimum absolute atomic E-state index is 0.760. The predicted molar refractivity (Wildman–Crippen MR) is 80.0 cm³/mol. The minimum atomic E-state index is 0.760. The highest BCUT2D eigenvalue weighted by Crippen LogP contribution is 2.20. The van der Waals surface area contributed by atoms with Gasteiger partial charge in [-0.2, -0.15) is 4.37 Å². The van der Waals surface area contributed by atoms with Crippen molar-refractivity contribution in [3.8, 4) is 0 Å². The first-order chi connectivity index (χ1) is 8.78. The lowest BCUT2D eigenvalue weighted by molar-refractivity contribution is 0.971. The summed E-state index contributed by atoms with van der Waals surface area (Å²) in [5.74, 6) is 1.91. The zero-order valence-corrected chi connectivity index (χ0v) is 12.4. The molecule has 3 nitrogen and oxygen atoms in total. The molecule has 2 rings (SSSR count). The Kier molecular flexibility index (Phi) is 5.28. The molecule has 0 radical (unpaired) electrons. The molecular formula is C12H14ClN3S2. The number of benzene rings is 1. The van der Waals surface area contributed by atoms with Gasteiger partial charge in [-0.3, -0.25) is 0 Å². The van der Waals surface area contributed by atoms with Gasteiger partial charge in [-0.15, -0.1) is 0 Å². The third-order valence-corrected chi connectivity index (χ3v) is 4.39. The van der Waals surface area contributed by atoms with E-state index < -0.39 is 0 Å². The average molecular weight is 300 g/mol. The lowest BCUT2D eigenvalue weighted by Crippen LogP contribution is -2.03. The lowest BCUT2D eigenvalue weighted by atomic mass is 10.3. The Bertz CT molecular complexity index is 484. The van der Waals surface area contributed by atoms with Crippen molar-refractivity contribution < 1.29 is 0 Å². The van der Waals surface area contributed by atoms with E-state index in [4.69, 9.17) is 11.6 Å². The Balaban J connectivity index is 1.71. The molecule has 0 aliphatic rings. The highest BCUT2D eigenvalue weighted by molar-refractivity contribution is 8.00. The van der Waals surface area contributed by atoms with Gasteiger partial charge in [-0.25, -0.2) is 4.98 Å². The van der Waals surface area contributed by atoms with E-state index in [1.165, 1.54) is 11.5 Å². The van der Waals surface area contributed by atoms with Crippen LogP contribution in [0, 0.1) is 0 Å². The van der Waals surface area contributed by atoms with Crippen LogP contribution in [0.2, 0.25) is 5.02 Å². The molecule has 0 saturated carbocycles. The van der Waals surface area contributed by atoms with Crippen molar-refractivity contribution in [3.05, 3.63) is 35.1 Å². The molecule has 0 spiro atoms. The van der Waals surface area contributed by atoms with Crippen LogP contribution in [-0.4, -0.2) is 21.7 Å². The van der Waals surface area contributed by atoms with Gasteiger partial charge in [-0.1, -0.05) is 30.3 Å². The molecular weight excluding hydrogens is 286 g/mol. The zero-order valence-electron chi connectivity index (χ0n) is 10.0. The van der Waals surface area contributed by atoms with E-state index in [0.29, 0.717) is 0 Å². The number of rotatable bonds is 6. The smallest absolute Gasteiger partial charge is 0.170 e. The lowest BCUT2D eigenvalue weighted by Gasteiger charge is -2.04. The second-order valence-electron chi connectivity index (χ2n) is 3.61. The standard InChI is InChI=1S/C12H14ClN3S2/c1-2-11-15-12(18-16-11)17-8-7-14-10-5-3-9(13)4-6-10/h3-6,14H,2,7-8H2,1H3. The highest BCUT2D eigenvalue weighted by Gasteiger charge is 2.02. The Labute approximate surface area is 120 Å². The molecule has 0 amide bonds. The largest absolute Gasteiger partial charge is 0.384 e. The van der Waals surface area contributed by atoms with Crippen molar-refractivity contribution in [2.24, 2.45) is 0 Å². The van der Waals surface area contributed by atoms with E-state index in [1.807, 2.05) is 24.3 Å². The van der Waals surface area contributed by atoms with Crippen LogP contribution in [0.5, 0.6) is 0 Å². The zero-order chi connectivity index (χ0) is 12.8. The molecule has 1 aromatic carbocycles. The summed E-state index contributed by atoms with van der Waals surface area (Å²) in [4.78, 5) is 4.41. The third-order valence-electron chi connectivity index (χ3n) is 2.27. The van der Waals surface area contributed by atoms with E-state index in [9.17, 15) is 0 Å². The van der Waals surface area contributed by atoms with Crippen LogP contribution in [0.3, 0.4) is 0 Å². The van der Waals surface area contributed by atoms with Gasteiger partial charge in [0.25, 0.3) is 0 Å². The summed E-state index contributed by atoms with van der Waals surface area (Å²) < 4.78 is 5.30. The van der Waals surface area contributed by atoms with Gasteiger partial charge in [-0.05, 0) is 35.8 Å². The topological polar surface area (TPSA) is 37.8 Å². The molecule has 0 aliphatic heterocycles. The first kappa shape index (κ1) is 13.6. The second kappa shape index (κ2) is 6.97. The van der Waals surface area contributed by atoms with E-state index in [2.05, 4.69) is 21.6 Å². The molecule has 0 bridgehead atoms. The van der Waals surface area contributed by atoms with Gasteiger partial charge in [0, 0.05) is 29.4 Å². The van der Waals surface area contributed by atoms with Crippen molar-refractivity contribution in [2.75, 3.05) is 17.6 Å². The summed E-state index contributed by atoms with van der Waals surface area (Å²) in [6, 6.07) is 7.73. The Morgan fingerprint density at radius 2 is 2.11 bits per heavy atom. The Morgan fingerprint density at radius 3 is 2.78 bits per heavy atom. The van der Waals surface area contributed by atoms with Gasteiger partial charge in [0.2, 0.25) is 0 Å². The van der Waals surface area contributed by atoms with Crippen molar-refractivity contribution in [2.45, 2.75) is 17.7 Å². The van der Waals surface area contributed by atoms with Crippen molar-refractivity contribution >= 4 is 40.6 Å². The van der Waals surface area contributed by atoms with Crippen molar-refractivity contribution in [1.82, 2.24) is 9.36 Å². The molecule has 1 heterocycles. The maximum atomic E-state index is 5.82. The van der Waals surface area contributed by atoms with Crippen LogP contribution in [0.15, 0.2) is 28.6 Å². The highest BCUT2D eigenvalue weighted by atomic mass is 35.5. The molecule has 18 heavy (non-hydrogen) atoms. The first-order valence-electron chi connectivity index (χ1n) is 5.72. The van der Waals surface area contributed by atoms with Crippen LogP contribution < -0.4 is 5.32 Å². The summed E-state index contributed by atoms with van der Waals surface area (Å²) in [6.07, 6.45) is 0.903. The fourth-order valence-corrected chi connectivity index (χ4v) is 3.09. The number of aromatic nitrogens is 2. The summed E-state index contributed by atoms with van der Waals surface area (Å²) in [5.41, 5.74) is 1.09. The first-order valence-corrected chi connectivity index (χ1v) is 7.86. The normalized spacial score (nSPS) is 10.6. The minimum Gasteiger partial charge on any atom is -0.384 e. The van der Waals surface area contributed by atoms with Gasteiger partial charge in [0.1, 0.15) is 5.82 Å². The summed E-state index contributed by atoms with van der Waals surface area (Å²) in [6.45, 7) is 2.96. The fraction of sp³-hybridized carbons (Fsp3) is 0.333. The van der Waals surface area contributed by atoms with Crippen molar-refractivity contribution in [1.29, 1.82) is 0 Å². The molecule has 2 aromatic rings. The van der Waals surface area contributed by atoms with E-state index >= 15 is 0 Å². The SMILES string of the molecule is CCc1nsc(SCCNc2ccc(Cl)cc2)n1. The molecule has 1 N–H and O–H groups in total. The van der Waals surface area contributed by atoms with Gasteiger partial charge < -0.3 is 5.32 Å². The molecule has 6 heteroatoms. The number of nitrogens with zero attached hydrogens (tertiary/aromatic N) is 2. The fourth-order valence-electron chi connectivity index (χ4n) is 1.34. The number of anilines is 1. The second-order valence-corrected chi connectivity index (χ2v) is 6.14. The van der Waals surface area contributed by atoms with Crippen LogP contribution in [0.25, 0.3) is 0 Å². The van der Waals surface area contributed by atoms with Crippen LogP contribution in [0.1, 0.15) is 12.7 Å². The Hall–Kier alpha value is -0.780. The molecule has 0 aliphatic carbocycles. The van der Waals surface area contributed by atoms with Crippen LogP contribution >= 0.6 is 34.9 Å². The Morgan fingerprint density at radius 1 is 1.33 bits per heavy atom. The van der Waals surface area contributed by atoms with Crippen LogP contribution in [0.4, 0.5) is 5.69 Å². The number of thioether (sulfide) groups is 1. The van der Waals surface area contributed by atoms with E-state index in [0.717, 1.165) is 39.6 Å². The molecule has 1 aromatic heterocycles. The number of hydrogen-bond acceptors (Lipinski definition) is 5. The third kappa shape index (κ3) is 4.15. The number of nitrogens with one attached hydrogen (secondary N) is 1. The monoisotopic (exact) mass is 299 g/mol. The summed E-state index contributed by atoms with van der Waals surface area (Å²) in [7, 11) is 0. The van der Waals surface area contributed by atoms with E-state index in [-0.39, 0.29) is 0 Å². The van der Waals surface area contributed by atoms with Crippen LogP contribution in [-0.2, 0) is 6.42 Å². The molecule has 0 fully saturated rings. The quantitative estimate of drug-likeness (QED) is 0.647.